The molecular formula is C22H20F2N2O3. The van der Waals surface area contributed by atoms with Crippen LogP contribution in [0.1, 0.15) is 25.3 Å². The fourth-order valence-corrected chi connectivity index (χ4v) is 3.77. The molecule has 2 heterocycles. The molecule has 0 aromatic heterocycles. The Labute approximate surface area is 167 Å². The van der Waals surface area contributed by atoms with E-state index in [4.69, 9.17) is 4.74 Å². The molecule has 0 bridgehead atoms. The second-order valence-corrected chi connectivity index (χ2v) is 6.92. The average Bonchev–Trinajstić information content (AvgIpc) is 3.31. The molecule has 0 spiro atoms. The summed E-state index contributed by atoms with van der Waals surface area (Å²) in [5.74, 6) is -2.21. The summed E-state index contributed by atoms with van der Waals surface area (Å²) in [6.45, 7) is 3.64. The lowest BCUT2D eigenvalue weighted by molar-refractivity contribution is -0.120. The van der Waals surface area contributed by atoms with Crippen LogP contribution in [0.5, 0.6) is 5.75 Å². The van der Waals surface area contributed by atoms with Gasteiger partial charge in [0.2, 0.25) is 0 Å². The van der Waals surface area contributed by atoms with Crippen molar-refractivity contribution < 1.29 is 23.1 Å². The van der Waals surface area contributed by atoms with E-state index in [9.17, 15) is 18.4 Å². The maximum absolute atomic E-state index is 14.4. The molecule has 2 aromatic carbocycles. The van der Waals surface area contributed by atoms with Crippen molar-refractivity contribution in [1.82, 2.24) is 4.90 Å². The van der Waals surface area contributed by atoms with E-state index >= 15 is 0 Å². The number of anilines is 1. The smallest absolute Gasteiger partial charge is 0.282 e. The normalized spacial score (nSPS) is 16.9. The lowest BCUT2D eigenvalue weighted by Gasteiger charge is -2.20. The van der Waals surface area contributed by atoms with Gasteiger partial charge in [0.15, 0.2) is 0 Å². The van der Waals surface area contributed by atoms with Crippen molar-refractivity contribution in [2.45, 2.75) is 19.8 Å². The number of hydrogen-bond acceptors (Lipinski definition) is 4. The molecule has 1 fully saturated rings. The lowest BCUT2D eigenvalue weighted by atomic mass is 10.0. The molecule has 2 aliphatic heterocycles. The van der Waals surface area contributed by atoms with E-state index in [-0.39, 0.29) is 17.0 Å². The summed E-state index contributed by atoms with van der Waals surface area (Å²) in [5, 5.41) is 0. The van der Waals surface area contributed by atoms with Gasteiger partial charge in [-0.2, -0.15) is 0 Å². The van der Waals surface area contributed by atoms with Crippen LogP contribution in [0, 0.1) is 11.6 Å². The number of ether oxygens (including phenoxy) is 1. The van der Waals surface area contributed by atoms with Gasteiger partial charge >= 0.3 is 0 Å². The van der Waals surface area contributed by atoms with E-state index < -0.39 is 23.4 Å². The van der Waals surface area contributed by atoms with E-state index in [0.717, 1.165) is 35.9 Å². The summed E-state index contributed by atoms with van der Waals surface area (Å²) in [7, 11) is 0. The molecule has 1 saturated heterocycles. The van der Waals surface area contributed by atoms with E-state index in [1.54, 1.807) is 24.3 Å². The summed E-state index contributed by atoms with van der Waals surface area (Å²) in [6, 6.07) is 9.57. The molecule has 0 radical (unpaired) electrons. The first-order valence-electron chi connectivity index (χ1n) is 9.57. The fraction of sp³-hybridized carbons (Fsp3) is 0.273. The molecule has 2 amide bonds. The molecule has 5 nitrogen and oxygen atoms in total. The molecular weight excluding hydrogens is 378 g/mol. The van der Waals surface area contributed by atoms with E-state index in [1.165, 1.54) is 0 Å². The molecule has 2 aliphatic rings. The third kappa shape index (κ3) is 3.37. The topological polar surface area (TPSA) is 49.9 Å². The Hall–Kier alpha value is -3.22. The second kappa shape index (κ2) is 7.66. The quantitative estimate of drug-likeness (QED) is 0.720. The summed E-state index contributed by atoms with van der Waals surface area (Å²) in [5.41, 5.74) is 0.592. The van der Waals surface area contributed by atoms with Crippen molar-refractivity contribution in [2.24, 2.45) is 0 Å². The fourth-order valence-electron chi connectivity index (χ4n) is 3.77. The van der Waals surface area contributed by atoms with Crippen LogP contribution in [0.4, 0.5) is 14.5 Å². The van der Waals surface area contributed by atoms with Crippen LogP contribution in [0.2, 0.25) is 0 Å². The highest BCUT2D eigenvalue weighted by Crippen LogP contribution is 2.37. The molecule has 150 valence electrons. The number of hydrogen-bond donors (Lipinski definition) is 0. The third-order valence-corrected chi connectivity index (χ3v) is 5.08. The zero-order valence-corrected chi connectivity index (χ0v) is 16.0. The molecule has 7 heteroatoms. The molecule has 0 atom stereocenters. The maximum Gasteiger partial charge on any atom is 0.282 e. The summed E-state index contributed by atoms with van der Waals surface area (Å²) < 4.78 is 33.6. The third-order valence-electron chi connectivity index (χ3n) is 5.08. The number of imide groups is 1. The van der Waals surface area contributed by atoms with Crippen molar-refractivity contribution in [3.63, 3.8) is 0 Å². The number of halogens is 2. The van der Waals surface area contributed by atoms with Crippen LogP contribution in [0.15, 0.2) is 48.2 Å². The molecule has 0 unspecified atom stereocenters. The number of amides is 2. The van der Waals surface area contributed by atoms with E-state index in [2.05, 4.69) is 0 Å². The number of likely N-dealkylation sites (tertiary alicyclic amines) is 1. The van der Waals surface area contributed by atoms with Crippen molar-refractivity contribution in [3.8, 4) is 5.75 Å². The highest BCUT2D eigenvalue weighted by atomic mass is 19.1. The molecule has 4 rings (SSSR count). The van der Waals surface area contributed by atoms with Crippen LogP contribution < -0.4 is 9.64 Å². The SMILES string of the molecule is CCOc1ccc(C2=C(N3CCCC3)C(=O)N(c3cc(F)ccc3F)C2=O)cc1. The monoisotopic (exact) mass is 398 g/mol. The van der Waals surface area contributed by atoms with Crippen LogP contribution in [0.3, 0.4) is 0 Å². The van der Waals surface area contributed by atoms with Gasteiger partial charge in [-0.15, -0.1) is 0 Å². The number of rotatable bonds is 5. The summed E-state index contributed by atoms with van der Waals surface area (Å²) >= 11 is 0. The zero-order valence-electron chi connectivity index (χ0n) is 16.0. The Kier molecular flexibility index (Phi) is 5.05. The highest BCUT2D eigenvalue weighted by Gasteiger charge is 2.44. The van der Waals surface area contributed by atoms with Gasteiger partial charge in [0, 0.05) is 19.2 Å². The van der Waals surface area contributed by atoms with E-state index in [0.29, 0.717) is 31.0 Å². The minimum absolute atomic E-state index is 0.198. The van der Waals surface area contributed by atoms with E-state index in [1.807, 2.05) is 11.8 Å². The molecule has 2 aromatic rings. The molecule has 0 aliphatic carbocycles. The van der Waals surface area contributed by atoms with Crippen LogP contribution in [-0.4, -0.2) is 36.4 Å². The average molecular weight is 398 g/mol. The number of carbonyl (C=O) groups is 2. The first-order chi connectivity index (χ1) is 14.0. The largest absolute Gasteiger partial charge is 0.494 e. The Morgan fingerprint density at radius 2 is 1.66 bits per heavy atom. The highest BCUT2D eigenvalue weighted by molar-refractivity contribution is 6.45. The Morgan fingerprint density at radius 1 is 0.966 bits per heavy atom. The number of carbonyl (C=O) groups excluding carboxylic acids is 2. The minimum atomic E-state index is -0.832. The standard InChI is InChI=1S/C22H20F2N2O3/c1-2-29-16-8-5-14(6-9-16)19-20(25-11-3-4-12-25)22(28)26(21(19)27)18-13-15(23)7-10-17(18)24/h5-10,13H,2-4,11-12H2,1H3. The first kappa shape index (κ1) is 19.1. The summed E-state index contributed by atoms with van der Waals surface area (Å²) in [4.78, 5) is 29.1. The van der Waals surface area contributed by atoms with Gasteiger partial charge in [0.1, 0.15) is 23.1 Å². The van der Waals surface area contributed by atoms with Gasteiger partial charge in [-0.05, 0) is 49.6 Å². The molecule has 29 heavy (non-hydrogen) atoms. The van der Waals surface area contributed by atoms with Gasteiger partial charge in [0.25, 0.3) is 11.8 Å². The number of nitrogens with zero attached hydrogens (tertiary/aromatic N) is 2. The van der Waals surface area contributed by atoms with Crippen molar-refractivity contribution >= 4 is 23.1 Å². The second-order valence-electron chi connectivity index (χ2n) is 6.92. The lowest BCUT2D eigenvalue weighted by Crippen LogP contribution is -2.35. The van der Waals surface area contributed by atoms with Gasteiger partial charge in [0.05, 0.1) is 17.9 Å². The Balaban J connectivity index is 1.81. The number of benzene rings is 2. The predicted octanol–water partition coefficient (Wildman–Crippen LogP) is 3.74. The predicted molar refractivity (Wildman–Crippen MR) is 104 cm³/mol. The van der Waals surface area contributed by atoms with Crippen molar-refractivity contribution in [1.29, 1.82) is 0 Å². The Bertz CT molecular complexity index is 996. The first-order valence-corrected chi connectivity index (χ1v) is 9.57. The minimum Gasteiger partial charge on any atom is -0.494 e. The Morgan fingerprint density at radius 3 is 2.31 bits per heavy atom. The summed E-state index contributed by atoms with van der Waals surface area (Å²) in [6.07, 6.45) is 1.80. The molecule has 0 saturated carbocycles. The maximum atomic E-state index is 14.4. The zero-order chi connectivity index (χ0) is 20.5. The van der Waals surface area contributed by atoms with Gasteiger partial charge in [-0.1, -0.05) is 12.1 Å². The van der Waals surface area contributed by atoms with Gasteiger partial charge < -0.3 is 9.64 Å². The van der Waals surface area contributed by atoms with Crippen molar-refractivity contribution in [2.75, 3.05) is 24.6 Å². The van der Waals surface area contributed by atoms with Crippen molar-refractivity contribution in [3.05, 3.63) is 65.4 Å². The van der Waals surface area contributed by atoms with Gasteiger partial charge in [-0.3, -0.25) is 9.59 Å². The van der Waals surface area contributed by atoms with Crippen LogP contribution >= 0.6 is 0 Å². The van der Waals surface area contributed by atoms with Crippen LogP contribution in [0.25, 0.3) is 5.57 Å². The van der Waals surface area contributed by atoms with Gasteiger partial charge in [-0.25, -0.2) is 13.7 Å². The van der Waals surface area contributed by atoms with Crippen LogP contribution in [-0.2, 0) is 9.59 Å². The molecule has 0 N–H and O–H groups in total.